The fourth-order valence-corrected chi connectivity index (χ4v) is 4.02. The summed E-state index contributed by atoms with van der Waals surface area (Å²) in [4.78, 5) is 18.9. The molecule has 6 nitrogen and oxygen atoms in total. The van der Waals surface area contributed by atoms with Gasteiger partial charge in [0.05, 0.1) is 18.9 Å². The number of thiazole rings is 1. The Morgan fingerprint density at radius 3 is 2.84 bits per heavy atom. The van der Waals surface area contributed by atoms with Gasteiger partial charge < -0.3 is 14.4 Å². The van der Waals surface area contributed by atoms with E-state index in [0.717, 1.165) is 30.6 Å². The summed E-state index contributed by atoms with van der Waals surface area (Å²) in [6.45, 7) is 2.71. The van der Waals surface area contributed by atoms with Crippen LogP contribution in [0.15, 0.2) is 35.7 Å². The third kappa shape index (κ3) is 3.84. The summed E-state index contributed by atoms with van der Waals surface area (Å²) < 4.78 is 11.2. The zero-order valence-electron chi connectivity index (χ0n) is 13.9. The lowest BCUT2D eigenvalue weighted by atomic mass is 9.98. The second-order valence-electron chi connectivity index (χ2n) is 6.29. The molecule has 0 saturated carbocycles. The zero-order valence-corrected chi connectivity index (χ0v) is 14.7. The molecule has 132 valence electrons. The largest absolute Gasteiger partial charge is 0.350 e. The minimum absolute atomic E-state index is 0.100. The molecule has 1 N–H and O–H groups in total. The Bertz CT molecular complexity index is 715. The number of amides is 2. The minimum atomic E-state index is -0.167. The highest BCUT2D eigenvalue weighted by molar-refractivity contribution is 7.14. The van der Waals surface area contributed by atoms with Crippen molar-refractivity contribution < 1.29 is 14.3 Å². The Hall–Kier alpha value is -1.96. The molecule has 2 aliphatic heterocycles. The van der Waals surface area contributed by atoms with E-state index >= 15 is 0 Å². The van der Waals surface area contributed by atoms with Crippen molar-refractivity contribution in [3.63, 3.8) is 0 Å². The summed E-state index contributed by atoms with van der Waals surface area (Å²) in [5, 5.41) is 5.51. The number of hydrogen-bond acceptors (Lipinski definition) is 5. The second kappa shape index (κ2) is 7.51. The van der Waals surface area contributed by atoms with Crippen molar-refractivity contribution in [1.82, 2.24) is 9.88 Å². The van der Waals surface area contributed by atoms with Crippen LogP contribution in [-0.2, 0) is 9.47 Å². The van der Waals surface area contributed by atoms with E-state index in [4.69, 9.17) is 9.47 Å². The van der Waals surface area contributed by atoms with Gasteiger partial charge in [-0.1, -0.05) is 30.3 Å². The van der Waals surface area contributed by atoms with E-state index in [1.165, 1.54) is 11.3 Å². The first-order valence-corrected chi connectivity index (χ1v) is 9.47. The number of anilines is 1. The van der Waals surface area contributed by atoms with E-state index in [1.54, 1.807) is 0 Å². The van der Waals surface area contributed by atoms with Gasteiger partial charge in [0.1, 0.15) is 0 Å². The molecule has 4 rings (SSSR count). The number of carbonyl (C=O) groups excluding carboxylic acids is 1. The van der Waals surface area contributed by atoms with Crippen LogP contribution in [-0.4, -0.2) is 48.5 Å². The number of carbonyl (C=O) groups is 1. The van der Waals surface area contributed by atoms with Gasteiger partial charge in [0.15, 0.2) is 11.4 Å². The molecule has 1 atom stereocenters. The van der Waals surface area contributed by atoms with Gasteiger partial charge in [-0.3, -0.25) is 5.32 Å². The maximum absolute atomic E-state index is 12.6. The molecule has 1 unspecified atom stereocenters. The van der Waals surface area contributed by atoms with Crippen molar-refractivity contribution in [3.05, 3.63) is 35.7 Å². The van der Waals surface area contributed by atoms with E-state index in [-0.39, 0.29) is 18.2 Å². The van der Waals surface area contributed by atoms with Crippen LogP contribution in [0.5, 0.6) is 0 Å². The molecule has 0 spiro atoms. The highest BCUT2D eigenvalue weighted by Crippen LogP contribution is 2.27. The van der Waals surface area contributed by atoms with E-state index < -0.39 is 0 Å². The molecule has 0 aliphatic carbocycles. The van der Waals surface area contributed by atoms with Crippen LogP contribution in [0, 0.1) is 5.92 Å². The number of benzene rings is 1. The van der Waals surface area contributed by atoms with E-state index in [9.17, 15) is 4.79 Å². The normalized spacial score (nSPS) is 21.4. The minimum Gasteiger partial charge on any atom is -0.350 e. The molecule has 7 heteroatoms. The van der Waals surface area contributed by atoms with Gasteiger partial charge in [-0.2, -0.15) is 0 Å². The molecule has 25 heavy (non-hydrogen) atoms. The van der Waals surface area contributed by atoms with Crippen LogP contribution >= 0.6 is 11.3 Å². The molecular weight excluding hydrogens is 338 g/mol. The van der Waals surface area contributed by atoms with E-state index in [1.807, 2.05) is 40.6 Å². The fraction of sp³-hybridized carbons (Fsp3) is 0.444. The van der Waals surface area contributed by atoms with Crippen LogP contribution in [0.25, 0.3) is 11.3 Å². The van der Waals surface area contributed by atoms with Crippen LogP contribution in [0.3, 0.4) is 0 Å². The highest BCUT2D eigenvalue weighted by Gasteiger charge is 2.32. The lowest BCUT2D eigenvalue weighted by molar-refractivity contribution is -0.0959. The first-order chi connectivity index (χ1) is 12.3. The first kappa shape index (κ1) is 16.5. The highest BCUT2D eigenvalue weighted by atomic mass is 32.1. The van der Waals surface area contributed by atoms with Crippen molar-refractivity contribution >= 4 is 22.5 Å². The molecule has 3 heterocycles. The van der Waals surface area contributed by atoms with Crippen LogP contribution in [0.4, 0.5) is 9.93 Å². The Kier molecular flexibility index (Phi) is 4.96. The first-order valence-electron chi connectivity index (χ1n) is 8.60. The lowest BCUT2D eigenvalue weighted by Gasteiger charge is -2.34. The molecule has 1 aromatic carbocycles. The van der Waals surface area contributed by atoms with Crippen LogP contribution in [0.1, 0.15) is 12.8 Å². The average molecular weight is 359 g/mol. The number of aromatic nitrogens is 1. The zero-order chi connectivity index (χ0) is 17.1. The second-order valence-corrected chi connectivity index (χ2v) is 7.15. The average Bonchev–Trinajstić information content (AvgIpc) is 3.35. The lowest BCUT2D eigenvalue weighted by Crippen LogP contribution is -2.45. The Morgan fingerprint density at radius 1 is 1.24 bits per heavy atom. The van der Waals surface area contributed by atoms with Crippen LogP contribution < -0.4 is 5.32 Å². The van der Waals surface area contributed by atoms with Crippen LogP contribution in [0.2, 0.25) is 0 Å². The molecule has 2 saturated heterocycles. The molecule has 2 aliphatic rings. The third-order valence-electron chi connectivity index (χ3n) is 4.57. The number of rotatable bonds is 3. The predicted molar refractivity (Wildman–Crippen MR) is 96.6 cm³/mol. The summed E-state index contributed by atoms with van der Waals surface area (Å²) in [5.41, 5.74) is 1.93. The smallest absolute Gasteiger partial charge is 0.323 e. The third-order valence-corrected chi connectivity index (χ3v) is 5.32. The summed E-state index contributed by atoms with van der Waals surface area (Å²) in [6.07, 6.45) is 1.83. The predicted octanol–water partition coefficient (Wildman–Crippen LogP) is 3.43. The van der Waals surface area contributed by atoms with Crippen molar-refractivity contribution in [2.45, 2.75) is 19.1 Å². The Labute approximate surface area is 150 Å². The molecule has 2 aromatic rings. The number of nitrogens with one attached hydrogen (secondary N) is 1. The van der Waals surface area contributed by atoms with Gasteiger partial charge in [-0.05, 0) is 12.8 Å². The number of urea groups is 1. The van der Waals surface area contributed by atoms with E-state index in [2.05, 4.69) is 10.3 Å². The fourth-order valence-electron chi connectivity index (χ4n) is 3.31. The maximum Gasteiger partial charge on any atom is 0.323 e. The SMILES string of the molecule is O=C(Nc1nc(-c2ccccc2)cs1)N1CCCC(C2OCCO2)C1. The molecule has 0 radical (unpaired) electrons. The van der Waals surface area contributed by atoms with E-state index in [0.29, 0.717) is 24.9 Å². The number of piperidine rings is 1. The quantitative estimate of drug-likeness (QED) is 0.912. The summed E-state index contributed by atoms with van der Waals surface area (Å²) in [5.74, 6) is 0.248. The van der Waals surface area contributed by atoms with Gasteiger partial charge in [-0.15, -0.1) is 11.3 Å². The molecule has 1 aromatic heterocycles. The van der Waals surface area contributed by atoms with Gasteiger partial charge in [0.25, 0.3) is 0 Å². The molecule has 2 fully saturated rings. The standard InChI is InChI=1S/C18H21N3O3S/c22-18(21-8-4-7-14(11-21)16-23-9-10-24-16)20-17-19-15(12-25-17)13-5-2-1-3-6-13/h1-3,5-6,12,14,16H,4,7-11H2,(H,19,20,22). The maximum atomic E-state index is 12.6. The van der Waals surface area contributed by atoms with Crippen molar-refractivity contribution in [2.24, 2.45) is 5.92 Å². The summed E-state index contributed by atoms with van der Waals surface area (Å²) in [7, 11) is 0. The van der Waals surface area contributed by atoms with Gasteiger partial charge in [-0.25, -0.2) is 9.78 Å². The van der Waals surface area contributed by atoms with Crippen molar-refractivity contribution in [3.8, 4) is 11.3 Å². The van der Waals surface area contributed by atoms with Gasteiger partial charge >= 0.3 is 6.03 Å². The number of hydrogen-bond donors (Lipinski definition) is 1. The topological polar surface area (TPSA) is 63.7 Å². The number of likely N-dealkylation sites (tertiary alicyclic amines) is 1. The van der Waals surface area contributed by atoms with Crippen molar-refractivity contribution in [1.29, 1.82) is 0 Å². The molecule has 2 amide bonds. The number of nitrogens with zero attached hydrogens (tertiary/aromatic N) is 2. The Morgan fingerprint density at radius 2 is 2.04 bits per heavy atom. The van der Waals surface area contributed by atoms with Crippen molar-refractivity contribution in [2.75, 3.05) is 31.6 Å². The van der Waals surface area contributed by atoms with Gasteiger partial charge in [0.2, 0.25) is 0 Å². The van der Waals surface area contributed by atoms with Gasteiger partial charge in [0, 0.05) is 30.0 Å². The Balaban J connectivity index is 1.37. The number of ether oxygens (including phenoxy) is 2. The molecular formula is C18H21N3O3S. The summed E-state index contributed by atoms with van der Waals surface area (Å²) in [6, 6.07) is 9.86. The molecule has 0 bridgehead atoms. The summed E-state index contributed by atoms with van der Waals surface area (Å²) >= 11 is 1.44. The monoisotopic (exact) mass is 359 g/mol.